The highest BCUT2D eigenvalue weighted by atomic mass is 33.1. The molecular weight excluding hydrogens is 973 g/mol. The molecule has 1 heterocycles. The van der Waals surface area contributed by atoms with Gasteiger partial charge in [0.15, 0.2) is 0 Å². The van der Waals surface area contributed by atoms with E-state index in [1.54, 1.807) is 13.8 Å². The summed E-state index contributed by atoms with van der Waals surface area (Å²) in [5.41, 5.74) is 22.8. The Labute approximate surface area is 418 Å². The first kappa shape index (κ1) is 60.9. The fourth-order valence-electron chi connectivity index (χ4n) is 6.72. The number of carbonyl (C=O) groups excluding carboxylic acids is 11. The molecule has 0 aliphatic carbocycles. The molecule has 1 unspecified atom stereocenters. The van der Waals surface area contributed by atoms with Crippen molar-refractivity contribution in [2.24, 2.45) is 28.9 Å². The summed E-state index contributed by atoms with van der Waals surface area (Å²) in [4.78, 5) is 147. The smallest absolute Gasteiger partial charge is 0.246 e. The monoisotopic (exact) mass is 1040 g/mol. The number of phenols is 1. The van der Waals surface area contributed by atoms with Crippen LogP contribution in [0.1, 0.15) is 71.3 Å². The average Bonchev–Trinajstić information content (AvgIpc) is 3.31. The number of phenolic OH excluding ortho intramolecular Hbond substituents is 1. The fraction of sp³-hybridized carbons (Fsp3) is 0.605. The van der Waals surface area contributed by atoms with Crippen molar-refractivity contribution in [3.05, 3.63) is 29.8 Å². The molecule has 1 aromatic carbocycles. The highest BCUT2D eigenvalue weighted by molar-refractivity contribution is 8.76. The van der Waals surface area contributed by atoms with E-state index in [2.05, 4.69) is 37.2 Å². The van der Waals surface area contributed by atoms with Gasteiger partial charge in [0, 0.05) is 30.9 Å². The van der Waals surface area contributed by atoms with Crippen LogP contribution >= 0.6 is 21.6 Å². The number of aliphatic hydroxyl groups excluding tert-OH is 2. The van der Waals surface area contributed by atoms with Crippen molar-refractivity contribution < 1.29 is 68.1 Å². The number of nitrogens with two attached hydrogens (primary N) is 4. The number of nitrogens with zero attached hydrogens (tertiary/aromatic N) is 1. The topological polar surface area (TPSA) is 440 Å². The van der Waals surface area contributed by atoms with E-state index in [-0.39, 0.29) is 30.1 Å². The largest absolute Gasteiger partial charge is 0.508 e. The SMILES string of the molecule is CCCC[C@H](NC(=O)CN(CC(O)CO)C(=O)[C@@H]1CSSC[C@H](N)C(=O)N[C@@H](Cc2ccc(O)cc2)C(=O)N[C@@H]([C@@H](C)CC)C(=O)N[C@@H](CCC(N)=O)C(=O)N[C@@H](CC(N)=O)C(=O)N1)C(=O)NCC(N)=O. The maximum absolute atomic E-state index is 14.5. The Bertz CT molecular complexity index is 2040. The minimum absolute atomic E-state index is 0.0691. The Kier molecular flexibility index (Phi) is 26.7. The summed E-state index contributed by atoms with van der Waals surface area (Å²) in [7, 11) is 1.84. The molecule has 0 aromatic heterocycles. The zero-order valence-corrected chi connectivity index (χ0v) is 41.4. The van der Waals surface area contributed by atoms with Crippen LogP contribution in [0.5, 0.6) is 5.75 Å². The van der Waals surface area contributed by atoms with Crippen molar-refractivity contribution >= 4 is 86.6 Å². The lowest BCUT2D eigenvalue weighted by Crippen LogP contribution is -2.61. The van der Waals surface area contributed by atoms with Crippen LogP contribution in [-0.2, 0) is 59.2 Å². The lowest BCUT2D eigenvalue weighted by Gasteiger charge is -2.31. The molecule has 0 bridgehead atoms. The maximum Gasteiger partial charge on any atom is 0.246 e. The van der Waals surface area contributed by atoms with E-state index in [1.165, 1.54) is 24.3 Å². The molecule has 1 aliphatic rings. The highest BCUT2D eigenvalue weighted by Gasteiger charge is 2.37. The molecule has 1 aliphatic heterocycles. The summed E-state index contributed by atoms with van der Waals surface area (Å²) in [6.45, 7) is 2.17. The van der Waals surface area contributed by atoms with Gasteiger partial charge in [-0.1, -0.05) is 73.8 Å². The molecule has 11 amide bonds. The minimum atomic E-state index is -1.85. The highest BCUT2D eigenvalue weighted by Crippen LogP contribution is 2.24. The van der Waals surface area contributed by atoms with Crippen LogP contribution in [0.2, 0.25) is 0 Å². The molecule has 0 radical (unpaired) electrons. The van der Waals surface area contributed by atoms with Gasteiger partial charge in [0.25, 0.3) is 0 Å². The van der Waals surface area contributed by atoms with Crippen LogP contribution in [-0.4, -0.2) is 171 Å². The number of carbonyl (C=O) groups is 11. The number of aromatic hydroxyl groups is 1. The number of hydrogen-bond donors (Lipinski definition) is 14. The molecule has 9 atom stereocenters. The maximum atomic E-state index is 14.5. The van der Waals surface area contributed by atoms with Crippen LogP contribution in [0.4, 0.5) is 0 Å². The normalized spacial score (nSPS) is 22.1. The summed E-state index contributed by atoms with van der Waals surface area (Å²) in [5.74, 6) is -11.7. The van der Waals surface area contributed by atoms with Gasteiger partial charge >= 0.3 is 0 Å². The summed E-state index contributed by atoms with van der Waals surface area (Å²) in [6, 6.07) is -4.66. The van der Waals surface area contributed by atoms with Gasteiger partial charge in [0.05, 0.1) is 38.3 Å². The number of primary amides is 3. The van der Waals surface area contributed by atoms with Gasteiger partial charge in [-0.2, -0.15) is 0 Å². The number of amides is 11. The lowest BCUT2D eigenvalue weighted by atomic mass is 9.96. The third-order valence-corrected chi connectivity index (χ3v) is 13.3. The zero-order valence-electron chi connectivity index (χ0n) is 39.8. The molecule has 2 rings (SSSR count). The van der Waals surface area contributed by atoms with E-state index in [0.29, 0.717) is 24.8 Å². The average molecular weight is 1040 g/mol. The molecule has 0 saturated carbocycles. The van der Waals surface area contributed by atoms with Gasteiger partial charge in [-0.25, -0.2) is 0 Å². The van der Waals surface area contributed by atoms with Gasteiger partial charge < -0.3 is 80.4 Å². The molecule has 396 valence electrons. The first-order valence-electron chi connectivity index (χ1n) is 22.8. The molecule has 28 heteroatoms. The Morgan fingerprint density at radius 3 is 2.00 bits per heavy atom. The lowest BCUT2D eigenvalue weighted by molar-refractivity contribution is -0.141. The van der Waals surface area contributed by atoms with Crippen LogP contribution in [0.15, 0.2) is 24.3 Å². The fourth-order valence-corrected chi connectivity index (χ4v) is 9.00. The molecule has 1 fully saturated rings. The summed E-state index contributed by atoms with van der Waals surface area (Å²) >= 11 is 0. The van der Waals surface area contributed by atoms with Crippen LogP contribution in [0, 0.1) is 5.92 Å². The third kappa shape index (κ3) is 22.2. The van der Waals surface area contributed by atoms with Crippen molar-refractivity contribution in [2.45, 2.75) is 121 Å². The van der Waals surface area contributed by atoms with Gasteiger partial charge in [-0.05, 0) is 36.5 Å². The van der Waals surface area contributed by atoms with Crippen LogP contribution in [0.3, 0.4) is 0 Å². The van der Waals surface area contributed by atoms with E-state index in [0.717, 1.165) is 26.5 Å². The van der Waals surface area contributed by atoms with Gasteiger partial charge in [-0.3, -0.25) is 52.7 Å². The number of aliphatic hydroxyl groups is 2. The van der Waals surface area contributed by atoms with Gasteiger partial charge in [-0.15, -0.1) is 0 Å². The molecular formula is C43H68N12O14S2. The second-order valence-corrected chi connectivity index (χ2v) is 19.4. The van der Waals surface area contributed by atoms with Crippen molar-refractivity contribution in [3.63, 3.8) is 0 Å². The van der Waals surface area contributed by atoms with Gasteiger partial charge in [0.1, 0.15) is 42.0 Å². The molecule has 26 nitrogen and oxygen atoms in total. The minimum Gasteiger partial charge on any atom is -0.508 e. The molecule has 1 aromatic rings. The van der Waals surface area contributed by atoms with Crippen molar-refractivity contribution in [3.8, 4) is 5.75 Å². The quantitative estimate of drug-likeness (QED) is 0.0483. The predicted molar refractivity (Wildman–Crippen MR) is 259 cm³/mol. The molecule has 0 spiro atoms. The summed E-state index contributed by atoms with van der Waals surface area (Å²) in [6.07, 6.45) is -2.10. The Morgan fingerprint density at radius 1 is 0.803 bits per heavy atom. The second kappa shape index (κ2) is 31.2. The van der Waals surface area contributed by atoms with E-state index in [1.807, 2.05) is 6.92 Å². The molecule has 71 heavy (non-hydrogen) atoms. The van der Waals surface area contributed by atoms with Crippen LogP contribution < -0.4 is 60.2 Å². The standard InChI is InChI=1S/C43H68N12O14S2/c1-4-6-7-27(38(64)48-16-34(47)61)49-35(62)18-55(17-25(58)19-56)43(69)31-21-71-70-20-26(44)37(63)51-29(14-23-8-10-24(57)11-9-23)41(67)54-36(22(3)5-2)42(68)50-28(12-13-32(45)59)39(65)52-30(15-33(46)60)40(66)53-31/h8-11,22,25-31,36,56-58H,4-7,12-21,44H2,1-3H3,(H2,45,59)(H2,46,60)(H2,47,61)(H,48,64)(H,49,62)(H,50,68)(H,51,63)(H,52,65)(H,53,66)(H,54,67)/t22-,25?,26-,27-,28-,29-,30-,31-,36-/m0/s1. The van der Waals surface area contributed by atoms with Crippen molar-refractivity contribution in [2.75, 3.05) is 37.7 Å². The second-order valence-electron chi connectivity index (χ2n) is 16.8. The van der Waals surface area contributed by atoms with Gasteiger partial charge in [0.2, 0.25) is 65.0 Å². The van der Waals surface area contributed by atoms with Crippen molar-refractivity contribution in [1.82, 2.24) is 42.1 Å². The Morgan fingerprint density at radius 2 is 1.41 bits per heavy atom. The predicted octanol–water partition coefficient (Wildman–Crippen LogP) is -5.27. The Hall–Kier alpha value is -6.23. The first-order chi connectivity index (χ1) is 33.5. The van der Waals surface area contributed by atoms with E-state index >= 15 is 0 Å². The summed E-state index contributed by atoms with van der Waals surface area (Å²) < 4.78 is 0. The number of rotatable bonds is 22. The van der Waals surface area contributed by atoms with Crippen molar-refractivity contribution in [1.29, 1.82) is 0 Å². The van der Waals surface area contributed by atoms with E-state index in [4.69, 9.17) is 22.9 Å². The number of unbranched alkanes of at least 4 members (excludes halogenated alkanes) is 1. The molecule has 18 N–H and O–H groups in total. The van der Waals surface area contributed by atoms with E-state index < -0.39 is 165 Å². The first-order valence-corrected chi connectivity index (χ1v) is 25.3. The number of hydrogen-bond acceptors (Lipinski definition) is 17. The van der Waals surface area contributed by atoms with E-state index in [9.17, 15) is 68.1 Å². The molecule has 1 saturated heterocycles. The number of nitrogens with one attached hydrogen (secondary N) is 7. The Balaban J connectivity index is 2.69. The zero-order chi connectivity index (χ0) is 53.4. The number of benzene rings is 1. The summed E-state index contributed by atoms with van der Waals surface area (Å²) in [5, 5.41) is 47.4. The third-order valence-electron chi connectivity index (χ3n) is 10.9. The van der Waals surface area contributed by atoms with Crippen LogP contribution in [0.25, 0.3) is 0 Å².